The standard InChI is InChI=1S/C14H14ClN3OS/c15-14-17-8-12(20-14)7-16-11-3-1-2-9(6-11)13(19)18-10-4-5-10/h1-3,6,8,10,16H,4-5,7H2,(H,18,19). The first kappa shape index (κ1) is 13.4. The Morgan fingerprint density at radius 1 is 1.45 bits per heavy atom. The maximum atomic E-state index is 12.0. The van der Waals surface area contributed by atoms with Crippen molar-refractivity contribution in [3.63, 3.8) is 0 Å². The molecule has 1 aliphatic rings. The Bertz CT molecular complexity index is 624. The zero-order valence-corrected chi connectivity index (χ0v) is 12.3. The van der Waals surface area contributed by atoms with E-state index >= 15 is 0 Å². The number of thiazole rings is 1. The predicted molar refractivity (Wildman–Crippen MR) is 81.4 cm³/mol. The summed E-state index contributed by atoms with van der Waals surface area (Å²) in [4.78, 5) is 17.0. The molecule has 0 atom stereocenters. The Morgan fingerprint density at radius 2 is 2.30 bits per heavy atom. The molecule has 0 radical (unpaired) electrons. The van der Waals surface area contributed by atoms with Crippen LogP contribution < -0.4 is 10.6 Å². The number of benzene rings is 1. The SMILES string of the molecule is O=C(NC1CC1)c1cccc(NCc2cnc(Cl)s2)c1. The first-order valence-corrected chi connectivity index (χ1v) is 7.65. The van der Waals surface area contributed by atoms with Gasteiger partial charge in [0.15, 0.2) is 4.47 Å². The van der Waals surface area contributed by atoms with Gasteiger partial charge in [-0.15, -0.1) is 11.3 Å². The zero-order valence-electron chi connectivity index (χ0n) is 10.7. The summed E-state index contributed by atoms with van der Waals surface area (Å²) in [5, 5.41) is 6.25. The second kappa shape index (κ2) is 5.81. The third-order valence-electron chi connectivity index (χ3n) is 3.03. The van der Waals surface area contributed by atoms with Crippen LogP contribution in [0, 0.1) is 0 Å². The number of amides is 1. The highest BCUT2D eigenvalue weighted by Gasteiger charge is 2.23. The van der Waals surface area contributed by atoms with E-state index in [1.807, 2.05) is 24.3 Å². The molecule has 0 aliphatic heterocycles. The number of nitrogens with one attached hydrogen (secondary N) is 2. The van der Waals surface area contributed by atoms with Gasteiger partial charge in [-0.2, -0.15) is 0 Å². The lowest BCUT2D eigenvalue weighted by Crippen LogP contribution is -2.25. The Kier molecular flexibility index (Phi) is 3.89. The fraction of sp³-hybridized carbons (Fsp3) is 0.286. The van der Waals surface area contributed by atoms with Crippen LogP contribution >= 0.6 is 22.9 Å². The molecule has 1 heterocycles. The summed E-state index contributed by atoms with van der Waals surface area (Å²) >= 11 is 7.24. The van der Waals surface area contributed by atoms with Gasteiger partial charge in [0.2, 0.25) is 0 Å². The number of carbonyl (C=O) groups excluding carboxylic acids is 1. The smallest absolute Gasteiger partial charge is 0.251 e. The number of nitrogens with zero attached hydrogens (tertiary/aromatic N) is 1. The number of anilines is 1. The second-order valence-electron chi connectivity index (χ2n) is 4.76. The third kappa shape index (κ3) is 3.49. The van der Waals surface area contributed by atoms with Gasteiger partial charge >= 0.3 is 0 Å². The molecule has 2 N–H and O–H groups in total. The van der Waals surface area contributed by atoms with Gasteiger partial charge in [0.25, 0.3) is 5.91 Å². The van der Waals surface area contributed by atoms with Crippen LogP contribution in [0.2, 0.25) is 4.47 Å². The van der Waals surface area contributed by atoms with Crippen LogP contribution in [-0.4, -0.2) is 16.9 Å². The highest BCUT2D eigenvalue weighted by molar-refractivity contribution is 7.15. The first-order valence-electron chi connectivity index (χ1n) is 6.46. The lowest BCUT2D eigenvalue weighted by atomic mass is 10.2. The molecule has 1 aliphatic carbocycles. The maximum absolute atomic E-state index is 12.0. The summed E-state index contributed by atoms with van der Waals surface area (Å²) in [6.07, 6.45) is 3.94. The van der Waals surface area contributed by atoms with Crippen molar-refractivity contribution in [3.05, 3.63) is 45.4 Å². The lowest BCUT2D eigenvalue weighted by molar-refractivity contribution is 0.0951. The average molecular weight is 308 g/mol. The van der Waals surface area contributed by atoms with Crippen molar-refractivity contribution in [3.8, 4) is 0 Å². The maximum Gasteiger partial charge on any atom is 0.251 e. The molecule has 1 amide bonds. The van der Waals surface area contributed by atoms with Crippen LogP contribution in [0.3, 0.4) is 0 Å². The number of rotatable bonds is 5. The van der Waals surface area contributed by atoms with E-state index in [1.165, 1.54) is 11.3 Å². The minimum atomic E-state index is -0.00279. The normalized spacial score (nSPS) is 14.1. The van der Waals surface area contributed by atoms with E-state index in [1.54, 1.807) is 6.20 Å². The van der Waals surface area contributed by atoms with Crippen LogP contribution in [0.5, 0.6) is 0 Å². The van der Waals surface area contributed by atoms with E-state index in [4.69, 9.17) is 11.6 Å². The largest absolute Gasteiger partial charge is 0.380 e. The van der Waals surface area contributed by atoms with Crippen molar-refractivity contribution >= 4 is 34.5 Å². The number of hydrogen-bond acceptors (Lipinski definition) is 4. The van der Waals surface area contributed by atoms with Crippen molar-refractivity contribution in [2.75, 3.05) is 5.32 Å². The highest BCUT2D eigenvalue weighted by atomic mass is 35.5. The van der Waals surface area contributed by atoms with Crippen molar-refractivity contribution in [1.82, 2.24) is 10.3 Å². The summed E-state index contributed by atoms with van der Waals surface area (Å²) in [6, 6.07) is 7.88. The zero-order chi connectivity index (χ0) is 13.9. The van der Waals surface area contributed by atoms with Crippen LogP contribution in [0.25, 0.3) is 0 Å². The van der Waals surface area contributed by atoms with Gasteiger partial charge in [0.05, 0.1) is 6.54 Å². The molecular formula is C14H14ClN3OS. The van der Waals surface area contributed by atoms with Gasteiger partial charge in [0.1, 0.15) is 0 Å². The van der Waals surface area contributed by atoms with Gasteiger partial charge in [0, 0.05) is 28.4 Å². The Morgan fingerprint density at radius 3 is 3.00 bits per heavy atom. The summed E-state index contributed by atoms with van der Waals surface area (Å²) in [6.45, 7) is 0.651. The molecule has 4 nitrogen and oxygen atoms in total. The lowest BCUT2D eigenvalue weighted by Gasteiger charge is -2.07. The van der Waals surface area contributed by atoms with Gasteiger partial charge in [-0.1, -0.05) is 17.7 Å². The van der Waals surface area contributed by atoms with Gasteiger partial charge < -0.3 is 10.6 Å². The number of aromatic nitrogens is 1. The third-order valence-corrected chi connectivity index (χ3v) is 4.14. The minimum Gasteiger partial charge on any atom is -0.380 e. The fourth-order valence-corrected chi connectivity index (χ4v) is 2.74. The summed E-state index contributed by atoms with van der Waals surface area (Å²) in [5.74, 6) is -0.00279. The molecule has 6 heteroatoms. The molecule has 0 saturated heterocycles. The van der Waals surface area contributed by atoms with Crippen molar-refractivity contribution < 1.29 is 4.79 Å². The highest BCUT2D eigenvalue weighted by Crippen LogP contribution is 2.21. The Balaban J connectivity index is 1.62. The van der Waals surface area contributed by atoms with Crippen molar-refractivity contribution in [2.24, 2.45) is 0 Å². The molecule has 1 aromatic heterocycles. The van der Waals surface area contributed by atoms with Crippen molar-refractivity contribution in [2.45, 2.75) is 25.4 Å². The van der Waals surface area contributed by atoms with Crippen LogP contribution in [0.15, 0.2) is 30.5 Å². The quantitative estimate of drug-likeness (QED) is 0.891. The van der Waals surface area contributed by atoms with Gasteiger partial charge in [-0.3, -0.25) is 4.79 Å². The average Bonchev–Trinajstić information content (AvgIpc) is 3.17. The van der Waals surface area contributed by atoms with E-state index in [0.29, 0.717) is 22.6 Å². The summed E-state index contributed by atoms with van der Waals surface area (Å²) in [5.41, 5.74) is 1.60. The minimum absolute atomic E-state index is 0.00279. The van der Waals surface area contributed by atoms with E-state index in [2.05, 4.69) is 15.6 Å². The molecule has 104 valence electrons. The van der Waals surface area contributed by atoms with Crippen molar-refractivity contribution in [1.29, 1.82) is 0 Å². The van der Waals surface area contributed by atoms with Gasteiger partial charge in [-0.05, 0) is 31.0 Å². The van der Waals surface area contributed by atoms with Crippen LogP contribution in [0.4, 0.5) is 5.69 Å². The van der Waals surface area contributed by atoms with E-state index < -0.39 is 0 Å². The molecule has 2 aromatic rings. The monoisotopic (exact) mass is 307 g/mol. The number of hydrogen-bond donors (Lipinski definition) is 2. The molecule has 0 bridgehead atoms. The fourth-order valence-electron chi connectivity index (χ4n) is 1.82. The molecule has 20 heavy (non-hydrogen) atoms. The first-order chi connectivity index (χ1) is 9.70. The molecule has 3 rings (SSSR count). The van der Waals surface area contributed by atoms with E-state index in [0.717, 1.165) is 23.4 Å². The molecule has 0 spiro atoms. The van der Waals surface area contributed by atoms with Gasteiger partial charge in [-0.25, -0.2) is 4.98 Å². The summed E-state index contributed by atoms with van der Waals surface area (Å²) < 4.78 is 0.541. The van der Waals surface area contributed by atoms with Crippen LogP contribution in [-0.2, 0) is 6.54 Å². The number of halogens is 1. The molecular weight excluding hydrogens is 294 g/mol. The molecule has 1 saturated carbocycles. The molecule has 1 aromatic carbocycles. The topological polar surface area (TPSA) is 54.0 Å². The van der Waals surface area contributed by atoms with E-state index in [-0.39, 0.29) is 5.91 Å². The van der Waals surface area contributed by atoms with Crippen LogP contribution in [0.1, 0.15) is 28.1 Å². The molecule has 0 unspecified atom stereocenters. The Hall–Kier alpha value is -1.59. The Labute approximate surface area is 126 Å². The molecule has 1 fully saturated rings. The summed E-state index contributed by atoms with van der Waals surface area (Å²) in [7, 11) is 0. The van der Waals surface area contributed by atoms with E-state index in [9.17, 15) is 4.79 Å². The second-order valence-corrected chi connectivity index (χ2v) is 6.46. The predicted octanol–water partition coefficient (Wildman–Crippen LogP) is 3.30. The number of carbonyl (C=O) groups is 1.